The van der Waals surface area contributed by atoms with E-state index in [0.717, 1.165) is 11.3 Å². The van der Waals surface area contributed by atoms with Gasteiger partial charge in [0.1, 0.15) is 18.0 Å². The van der Waals surface area contributed by atoms with Crippen molar-refractivity contribution >= 4 is 0 Å². The maximum Gasteiger partial charge on any atom is 0.142 e. The van der Waals surface area contributed by atoms with Gasteiger partial charge in [-0.2, -0.15) is 0 Å². The Kier molecular flexibility index (Phi) is 3.26. The molecule has 0 aromatic carbocycles. The Hall–Kier alpha value is -1.65. The molecular weight excluding hydrogens is 218 g/mol. The lowest BCUT2D eigenvalue weighted by molar-refractivity contribution is 0.00374. The third kappa shape index (κ3) is 2.38. The number of aliphatic hydroxyl groups is 2. The van der Waals surface area contributed by atoms with Gasteiger partial charge in [-0.3, -0.25) is 4.98 Å². The van der Waals surface area contributed by atoms with Crippen LogP contribution in [0.1, 0.15) is 34.8 Å². The van der Waals surface area contributed by atoms with Gasteiger partial charge in [-0.1, -0.05) is 0 Å². The Morgan fingerprint density at radius 3 is 2.65 bits per heavy atom. The van der Waals surface area contributed by atoms with E-state index in [9.17, 15) is 10.2 Å². The second kappa shape index (κ2) is 4.69. The van der Waals surface area contributed by atoms with Crippen molar-refractivity contribution in [2.75, 3.05) is 0 Å². The van der Waals surface area contributed by atoms with Gasteiger partial charge in [-0.25, -0.2) is 0 Å². The normalized spacial score (nSPS) is 14.6. The average molecular weight is 233 g/mol. The molecule has 0 aliphatic rings. The summed E-state index contributed by atoms with van der Waals surface area (Å²) in [5, 5.41) is 20.1. The summed E-state index contributed by atoms with van der Waals surface area (Å²) >= 11 is 0. The minimum absolute atomic E-state index is 0.353. The lowest BCUT2D eigenvalue weighted by atomic mass is 9.99. The van der Waals surface area contributed by atoms with E-state index in [0.29, 0.717) is 11.3 Å². The first-order valence-corrected chi connectivity index (χ1v) is 5.42. The number of rotatable bonds is 3. The number of pyridine rings is 1. The number of hydrogen-bond donors (Lipinski definition) is 2. The van der Waals surface area contributed by atoms with Crippen molar-refractivity contribution in [1.29, 1.82) is 0 Å². The molecule has 0 aliphatic carbocycles. The van der Waals surface area contributed by atoms with Gasteiger partial charge in [0.25, 0.3) is 0 Å². The fourth-order valence-corrected chi connectivity index (χ4v) is 1.75. The molecule has 2 N–H and O–H groups in total. The third-order valence-corrected chi connectivity index (χ3v) is 2.73. The second-order valence-corrected chi connectivity index (χ2v) is 4.09. The van der Waals surface area contributed by atoms with Crippen LogP contribution in [0.2, 0.25) is 0 Å². The maximum atomic E-state index is 10.1. The van der Waals surface area contributed by atoms with Crippen LogP contribution in [-0.2, 0) is 0 Å². The van der Waals surface area contributed by atoms with E-state index in [1.54, 1.807) is 24.4 Å². The molecule has 0 bridgehead atoms. The van der Waals surface area contributed by atoms with E-state index in [2.05, 4.69) is 4.98 Å². The van der Waals surface area contributed by atoms with Gasteiger partial charge in [-0.05, 0) is 43.2 Å². The van der Waals surface area contributed by atoms with E-state index >= 15 is 0 Å². The summed E-state index contributed by atoms with van der Waals surface area (Å²) in [6.07, 6.45) is 1.08. The minimum atomic E-state index is -1.06. The number of aryl methyl sites for hydroxylation is 2. The standard InChI is InChI=1S/C13H15NO3/c1-8-7-14-9(2)6-10(8)12(15)13(16)11-4-3-5-17-11/h3-7,12-13,15-16H,1-2H3. The highest BCUT2D eigenvalue weighted by molar-refractivity contribution is 5.29. The van der Waals surface area contributed by atoms with Crippen molar-refractivity contribution in [3.8, 4) is 0 Å². The second-order valence-electron chi connectivity index (χ2n) is 4.09. The zero-order valence-corrected chi connectivity index (χ0v) is 9.79. The topological polar surface area (TPSA) is 66.5 Å². The van der Waals surface area contributed by atoms with Crippen LogP contribution in [-0.4, -0.2) is 15.2 Å². The fraction of sp³-hybridized carbons (Fsp3) is 0.308. The van der Waals surface area contributed by atoms with Gasteiger partial charge in [0.2, 0.25) is 0 Å². The van der Waals surface area contributed by atoms with Gasteiger partial charge in [0.15, 0.2) is 0 Å². The highest BCUT2D eigenvalue weighted by Crippen LogP contribution is 2.30. The first-order chi connectivity index (χ1) is 8.09. The van der Waals surface area contributed by atoms with Gasteiger partial charge >= 0.3 is 0 Å². The molecule has 0 fully saturated rings. The van der Waals surface area contributed by atoms with Crippen molar-refractivity contribution in [3.05, 3.63) is 53.2 Å². The van der Waals surface area contributed by atoms with E-state index in [1.165, 1.54) is 6.26 Å². The Balaban J connectivity index is 2.30. The van der Waals surface area contributed by atoms with Crippen molar-refractivity contribution < 1.29 is 14.6 Å². The van der Waals surface area contributed by atoms with E-state index in [4.69, 9.17) is 4.42 Å². The summed E-state index contributed by atoms with van der Waals surface area (Å²) in [4.78, 5) is 4.13. The molecule has 4 nitrogen and oxygen atoms in total. The Labute approximate surface area is 99.6 Å². The molecule has 0 saturated heterocycles. The number of hydrogen-bond acceptors (Lipinski definition) is 4. The van der Waals surface area contributed by atoms with Crippen LogP contribution in [0.15, 0.2) is 35.1 Å². The van der Waals surface area contributed by atoms with E-state index in [1.807, 2.05) is 13.8 Å². The maximum absolute atomic E-state index is 10.1. The number of aliphatic hydroxyl groups excluding tert-OH is 2. The van der Waals surface area contributed by atoms with Crippen LogP contribution in [0, 0.1) is 13.8 Å². The SMILES string of the molecule is Cc1cc(C(O)C(O)c2ccco2)c(C)cn1. The largest absolute Gasteiger partial charge is 0.466 e. The van der Waals surface area contributed by atoms with E-state index < -0.39 is 12.2 Å². The highest BCUT2D eigenvalue weighted by atomic mass is 16.4. The molecule has 0 spiro atoms. The van der Waals surface area contributed by atoms with Gasteiger partial charge < -0.3 is 14.6 Å². The van der Waals surface area contributed by atoms with Gasteiger partial charge in [0, 0.05) is 11.9 Å². The predicted molar refractivity (Wildman–Crippen MR) is 62.3 cm³/mol. The molecule has 0 aliphatic heterocycles. The summed E-state index contributed by atoms with van der Waals surface area (Å²) in [5.41, 5.74) is 2.31. The summed E-state index contributed by atoms with van der Waals surface area (Å²) in [6.45, 7) is 3.69. The van der Waals surface area contributed by atoms with Crippen LogP contribution in [0.5, 0.6) is 0 Å². The number of aromatic nitrogens is 1. The zero-order chi connectivity index (χ0) is 12.4. The number of furan rings is 1. The lowest BCUT2D eigenvalue weighted by Crippen LogP contribution is -2.11. The van der Waals surface area contributed by atoms with Crippen molar-refractivity contribution in [2.45, 2.75) is 26.1 Å². The van der Waals surface area contributed by atoms with Crippen LogP contribution in [0.25, 0.3) is 0 Å². The molecule has 0 radical (unpaired) electrons. The zero-order valence-electron chi connectivity index (χ0n) is 9.79. The van der Waals surface area contributed by atoms with Crippen molar-refractivity contribution in [1.82, 2.24) is 4.98 Å². The summed E-state index contributed by atoms with van der Waals surface area (Å²) in [6, 6.07) is 5.08. The first kappa shape index (κ1) is 11.8. The fourth-order valence-electron chi connectivity index (χ4n) is 1.75. The monoisotopic (exact) mass is 233 g/mol. The molecule has 90 valence electrons. The Morgan fingerprint density at radius 1 is 1.24 bits per heavy atom. The smallest absolute Gasteiger partial charge is 0.142 e. The Bertz CT molecular complexity index is 493. The quantitative estimate of drug-likeness (QED) is 0.851. The van der Waals surface area contributed by atoms with Crippen molar-refractivity contribution in [2.24, 2.45) is 0 Å². The van der Waals surface area contributed by atoms with Crippen molar-refractivity contribution in [3.63, 3.8) is 0 Å². The predicted octanol–water partition coefficient (Wildman–Crippen LogP) is 2.06. The molecule has 2 atom stereocenters. The molecule has 2 rings (SSSR count). The van der Waals surface area contributed by atoms with E-state index in [-0.39, 0.29) is 0 Å². The summed E-state index contributed by atoms with van der Waals surface area (Å²) < 4.78 is 5.08. The molecule has 0 saturated carbocycles. The van der Waals surface area contributed by atoms with Crippen LogP contribution in [0.4, 0.5) is 0 Å². The minimum Gasteiger partial charge on any atom is -0.466 e. The van der Waals surface area contributed by atoms with Crippen LogP contribution < -0.4 is 0 Å². The summed E-state index contributed by atoms with van der Waals surface area (Å²) in [7, 11) is 0. The molecule has 2 aromatic heterocycles. The number of nitrogens with zero attached hydrogens (tertiary/aromatic N) is 1. The average Bonchev–Trinajstić information content (AvgIpc) is 2.84. The molecule has 2 unspecified atom stereocenters. The highest BCUT2D eigenvalue weighted by Gasteiger charge is 2.24. The molecular formula is C13H15NO3. The van der Waals surface area contributed by atoms with Gasteiger partial charge in [0.05, 0.1) is 6.26 Å². The van der Waals surface area contributed by atoms with Crippen LogP contribution >= 0.6 is 0 Å². The lowest BCUT2D eigenvalue weighted by Gasteiger charge is -2.18. The third-order valence-electron chi connectivity index (χ3n) is 2.73. The summed E-state index contributed by atoms with van der Waals surface area (Å²) in [5.74, 6) is 0.353. The molecule has 4 heteroatoms. The van der Waals surface area contributed by atoms with Crippen LogP contribution in [0.3, 0.4) is 0 Å². The molecule has 0 amide bonds. The molecule has 2 aromatic rings. The van der Waals surface area contributed by atoms with Gasteiger partial charge in [-0.15, -0.1) is 0 Å². The Morgan fingerprint density at radius 2 is 2.00 bits per heavy atom. The molecule has 17 heavy (non-hydrogen) atoms. The first-order valence-electron chi connectivity index (χ1n) is 5.42. The molecule has 2 heterocycles.